The highest BCUT2D eigenvalue weighted by Crippen LogP contribution is 2.29. The largest absolute Gasteiger partial charge is 0.464 e. The molecular formula is C10H10BrF2NO3. The Labute approximate surface area is 105 Å². The summed E-state index contributed by atoms with van der Waals surface area (Å²) in [4.78, 5) is 4.41. The van der Waals surface area contributed by atoms with E-state index in [-0.39, 0.29) is 22.6 Å². The van der Waals surface area contributed by atoms with Crippen molar-refractivity contribution in [3.05, 3.63) is 27.7 Å². The van der Waals surface area contributed by atoms with Gasteiger partial charge in [0, 0.05) is 13.2 Å². The van der Waals surface area contributed by atoms with Gasteiger partial charge in [-0.3, -0.25) is 0 Å². The number of halogens is 3. The van der Waals surface area contributed by atoms with Crippen molar-refractivity contribution in [2.45, 2.75) is 0 Å². The molecule has 0 aliphatic carbocycles. The molecule has 0 atom stereocenters. The van der Waals surface area contributed by atoms with Crippen LogP contribution in [0.1, 0.15) is 5.56 Å². The molecule has 1 aromatic carbocycles. The van der Waals surface area contributed by atoms with Crippen molar-refractivity contribution in [3.8, 4) is 5.75 Å². The Morgan fingerprint density at radius 3 is 2.71 bits per heavy atom. The highest BCUT2D eigenvalue weighted by Gasteiger charge is 2.17. The van der Waals surface area contributed by atoms with Gasteiger partial charge in [-0.05, 0) is 15.9 Å². The van der Waals surface area contributed by atoms with Crippen LogP contribution in [0.15, 0.2) is 15.7 Å². The Hall–Kier alpha value is -1.21. The molecule has 0 bridgehead atoms. The van der Waals surface area contributed by atoms with Crippen molar-refractivity contribution in [1.82, 2.24) is 0 Å². The maximum Gasteiger partial charge on any atom is 0.188 e. The highest BCUT2D eigenvalue weighted by atomic mass is 79.9. The van der Waals surface area contributed by atoms with Crippen molar-refractivity contribution in [2.24, 2.45) is 5.16 Å². The third-order valence-corrected chi connectivity index (χ3v) is 2.58. The third-order valence-electron chi connectivity index (χ3n) is 1.78. The van der Waals surface area contributed by atoms with Crippen molar-refractivity contribution >= 4 is 22.1 Å². The zero-order valence-electron chi connectivity index (χ0n) is 9.17. The van der Waals surface area contributed by atoms with E-state index < -0.39 is 11.6 Å². The van der Waals surface area contributed by atoms with E-state index in [2.05, 4.69) is 30.7 Å². The second kappa shape index (κ2) is 6.51. The molecule has 17 heavy (non-hydrogen) atoms. The average Bonchev–Trinajstić information content (AvgIpc) is 2.32. The molecule has 0 saturated heterocycles. The molecule has 0 amide bonds. The summed E-state index contributed by atoms with van der Waals surface area (Å²) in [6, 6.07) is 0.919. The second-order valence-electron chi connectivity index (χ2n) is 2.87. The molecule has 1 rings (SSSR count). The van der Waals surface area contributed by atoms with Gasteiger partial charge >= 0.3 is 0 Å². The molecule has 0 aliphatic rings. The molecule has 94 valence electrons. The van der Waals surface area contributed by atoms with E-state index in [1.54, 1.807) is 0 Å². The summed E-state index contributed by atoms with van der Waals surface area (Å²) in [5, 5.41) is 3.38. The van der Waals surface area contributed by atoms with Gasteiger partial charge in [-0.1, -0.05) is 5.16 Å². The van der Waals surface area contributed by atoms with Crippen LogP contribution >= 0.6 is 15.9 Å². The summed E-state index contributed by atoms with van der Waals surface area (Å²) in [7, 11) is 2.67. The Balaban J connectivity index is 3.17. The van der Waals surface area contributed by atoms with E-state index in [0.717, 1.165) is 12.3 Å². The van der Waals surface area contributed by atoms with Crippen molar-refractivity contribution in [2.75, 3.05) is 21.0 Å². The summed E-state index contributed by atoms with van der Waals surface area (Å²) in [6.45, 7) is -0.182. The first-order chi connectivity index (χ1) is 8.11. The Morgan fingerprint density at radius 1 is 1.41 bits per heavy atom. The zero-order chi connectivity index (χ0) is 12.8. The molecule has 0 spiro atoms. The van der Waals surface area contributed by atoms with Gasteiger partial charge in [-0.2, -0.15) is 0 Å². The Morgan fingerprint density at radius 2 is 2.12 bits per heavy atom. The lowest BCUT2D eigenvalue weighted by atomic mass is 10.2. The first-order valence-electron chi connectivity index (χ1n) is 4.47. The molecule has 0 N–H and O–H groups in total. The Bertz CT molecular complexity index is 427. The lowest BCUT2D eigenvalue weighted by Crippen LogP contribution is -2.04. The van der Waals surface area contributed by atoms with Gasteiger partial charge in [0.15, 0.2) is 18.4 Å². The normalized spacial score (nSPS) is 10.9. The third kappa shape index (κ3) is 3.37. The van der Waals surface area contributed by atoms with E-state index in [1.807, 2.05) is 0 Å². The molecule has 7 heteroatoms. The van der Waals surface area contributed by atoms with Gasteiger partial charge in [0.2, 0.25) is 0 Å². The molecule has 0 heterocycles. The standard InChI is InChI=1S/C10H10BrF2NO3/c1-15-5-17-8-3-7(12)9(11)6(10(8)13)4-14-16-2/h3-4H,5H2,1-2H3/b14-4+. The van der Waals surface area contributed by atoms with E-state index in [4.69, 9.17) is 4.74 Å². The summed E-state index contributed by atoms with van der Waals surface area (Å²) >= 11 is 2.91. The molecule has 0 fully saturated rings. The van der Waals surface area contributed by atoms with Crippen LogP contribution in [0.5, 0.6) is 5.75 Å². The lowest BCUT2D eigenvalue weighted by Gasteiger charge is -2.09. The van der Waals surface area contributed by atoms with Crippen molar-refractivity contribution < 1.29 is 23.1 Å². The van der Waals surface area contributed by atoms with Crippen LogP contribution in [-0.2, 0) is 9.57 Å². The quantitative estimate of drug-likeness (QED) is 0.363. The summed E-state index contributed by atoms with van der Waals surface area (Å²) in [5.74, 6) is -1.68. The summed E-state index contributed by atoms with van der Waals surface area (Å²) in [6.07, 6.45) is 1.04. The fraction of sp³-hybridized carbons (Fsp3) is 0.300. The zero-order valence-corrected chi connectivity index (χ0v) is 10.8. The minimum absolute atomic E-state index is 0.0550. The Kier molecular flexibility index (Phi) is 5.30. The number of rotatable bonds is 5. The van der Waals surface area contributed by atoms with E-state index in [0.29, 0.717) is 0 Å². The molecule has 0 saturated carbocycles. The first-order valence-corrected chi connectivity index (χ1v) is 5.26. The number of methoxy groups -OCH3 is 1. The SMILES string of the molecule is COCOc1cc(F)c(Br)c(/C=N/OC)c1F. The van der Waals surface area contributed by atoms with E-state index in [9.17, 15) is 8.78 Å². The number of nitrogens with zero attached hydrogens (tertiary/aromatic N) is 1. The molecule has 4 nitrogen and oxygen atoms in total. The number of ether oxygens (including phenoxy) is 2. The monoisotopic (exact) mass is 309 g/mol. The van der Waals surface area contributed by atoms with Gasteiger partial charge in [0.25, 0.3) is 0 Å². The molecular weight excluding hydrogens is 300 g/mol. The van der Waals surface area contributed by atoms with Crippen LogP contribution in [-0.4, -0.2) is 27.2 Å². The van der Waals surface area contributed by atoms with Crippen molar-refractivity contribution in [1.29, 1.82) is 0 Å². The molecule has 0 unspecified atom stereocenters. The fourth-order valence-electron chi connectivity index (χ4n) is 1.05. The number of hydrogen-bond donors (Lipinski definition) is 0. The minimum Gasteiger partial charge on any atom is -0.464 e. The summed E-state index contributed by atoms with van der Waals surface area (Å²) < 4.78 is 36.7. The average molecular weight is 310 g/mol. The van der Waals surface area contributed by atoms with Crippen molar-refractivity contribution in [3.63, 3.8) is 0 Å². The number of hydrogen-bond acceptors (Lipinski definition) is 4. The second-order valence-corrected chi connectivity index (χ2v) is 3.66. The number of benzene rings is 1. The fourth-order valence-corrected chi connectivity index (χ4v) is 1.44. The maximum absolute atomic E-state index is 13.8. The maximum atomic E-state index is 13.8. The topological polar surface area (TPSA) is 40.0 Å². The van der Waals surface area contributed by atoms with Crippen LogP contribution in [0.25, 0.3) is 0 Å². The minimum atomic E-state index is -0.754. The van der Waals surface area contributed by atoms with Crippen LogP contribution in [0.2, 0.25) is 0 Å². The van der Waals surface area contributed by atoms with Gasteiger partial charge in [-0.25, -0.2) is 8.78 Å². The van der Waals surface area contributed by atoms with Gasteiger partial charge in [-0.15, -0.1) is 0 Å². The molecule has 0 aromatic heterocycles. The lowest BCUT2D eigenvalue weighted by molar-refractivity contribution is 0.0480. The van der Waals surface area contributed by atoms with Crippen LogP contribution in [0, 0.1) is 11.6 Å². The first kappa shape index (κ1) is 13.9. The van der Waals surface area contributed by atoms with E-state index in [1.165, 1.54) is 14.2 Å². The molecule has 1 aromatic rings. The molecule has 0 aliphatic heterocycles. The predicted octanol–water partition coefficient (Wildman–Crippen LogP) is 2.69. The van der Waals surface area contributed by atoms with Gasteiger partial charge in [0.1, 0.15) is 12.9 Å². The van der Waals surface area contributed by atoms with E-state index >= 15 is 0 Å². The highest BCUT2D eigenvalue weighted by molar-refractivity contribution is 9.10. The van der Waals surface area contributed by atoms with Gasteiger partial charge in [0.05, 0.1) is 16.3 Å². The smallest absolute Gasteiger partial charge is 0.188 e. The summed E-state index contributed by atoms with van der Waals surface area (Å²) in [5.41, 5.74) is -0.0991. The number of oxime groups is 1. The van der Waals surface area contributed by atoms with Crippen LogP contribution in [0.3, 0.4) is 0 Å². The van der Waals surface area contributed by atoms with Gasteiger partial charge < -0.3 is 14.3 Å². The van der Waals surface area contributed by atoms with Crippen LogP contribution < -0.4 is 4.74 Å². The predicted molar refractivity (Wildman–Crippen MR) is 61.2 cm³/mol. The van der Waals surface area contributed by atoms with Crippen LogP contribution in [0.4, 0.5) is 8.78 Å². The molecule has 0 radical (unpaired) electrons.